The summed E-state index contributed by atoms with van der Waals surface area (Å²) in [6.07, 6.45) is 1.66. The van der Waals surface area contributed by atoms with Gasteiger partial charge in [-0.05, 0) is 65.5 Å². The molecule has 0 atom stereocenters. The lowest BCUT2D eigenvalue weighted by molar-refractivity contribution is -0.155. The van der Waals surface area contributed by atoms with Gasteiger partial charge in [0.1, 0.15) is 11.3 Å². The first-order chi connectivity index (χ1) is 13.2. The van der Waals surface area contributed by atoms with E-state index in [4.69, 9.17) is 27.9 Å². The van der Waals surface area contributed by atoms with Crippen LogP contribution in [-0.4, -0.2) is 38.6 Å². The molecule has 0 radical (unpaired) electrons. The van der Waals surface area contributed by atoms with E-state index >= 15 is 0 Å². The third kappa shape index (κ3) is 5.60. The predicted molar refractivity (Wildman–Crippen MR) is 110 cm³/mol. The number of carbonyl (C=O) groups is 4. The summed E-state index contributed by atoms with van der Waals surface area (Å²) in [4.78, 5) is 49.0. The Morgan fingerprint density at radius 3 is 2.31 bits per heavy atom. The Balaban J connectivity index is 2.11. The van der Waals surface area contributed by atoms with Crippen molar-refractivity contribution in [3.63, 3.8) is 0 Å². The van der Waals surface area contributed by atoms with Gasteiger partial charge in [0, 0.05) is 24.2 Å². The molecular weight excluding hydrogens is 419 g/mol. The van der Waals surface area contributed by atoms with Crippen LogP contribution in [0.4, 0.5) is 0 Å². The maximum Gasteiger partial charge on any atom is 0.306 e. The molecule has 0 aromatic carbocycles. The summed E-state index contributed by atoms with van der Waals surface area (Å²) in [5.41, 5.74) is -0.781. The van der Waals surface area contributed by atoms with Gasteiger partial charge in [0.15, 0.2) is 0 Å². The van der Waals surface area contributed by atoms with Gasteiger partial charge >= 0.3 is 5.97 Å². The molecule has 0 saturated carbocycles. The number of amides is 1. The van der Waals surface area contributed by atoms with E-state index in [2.05, 4.69) is 5.32 Å². The summed E-state index contributed by atoms with van der Waals surface area (Å²) in [7, 11) is 0. The fourth-order valence-corrected chi connectivity index (χ4v) is 3.94. The second-order valence-electron chi connectivity index (χ2n) is 8.77. The van der Waals surface area contributed by atoms with Gasteiger partial charge in [0.05, 0.1) is 10.6 Å². The van der Waals surface area contributed by atoms with Gasteiger partial charge in [-0.15, -0.1) is 0 Å². The first kappa shape index (κ1) is 23.4. The molecule has 1 aromatic rings. The number of rotatable bonds is 7. The summed E-state index contributed by atoms with van der Waals surface area (Å²) in [6.45, 7) is 9.22. The van der Waals surface area contributed by atoms with Gasteiger partial charge in [0.25, 0.3) is 16.9 Å². The number of halogens is 2. The minimum Gasteiger partial charge on any atom is -0.460 e. The molecule has 7 nitrogen and oxygen atoms in total. The van der Waals surface area contributed by atoms with Crippen LogP contribution < -0.4 is 5.32 Å². The molecule has 1 aliphatic heterocycles. The average molecular weight is 445 g/mol. The van der Waals surface area contributed by atoms with Gasteiger partial charge < -0.3 is 14.6 Å². The molecule has 160 valence electrons. The fourth-order valence-electron chi connectivity index (χ4n) is 3.31. The predicted octanol–water partition coefficient (Wildman–Crippen LogP) is 3.67. The largest absolute Gasteiger partial charge is 0.460 e. The van der Waals surface area contributed by atoms with Crippen molar-refractivity contribution in [3.05, 3.63) is 22.0 Å². The number of aromatic nitrogens is 1. The van der Waals surface area contributed by atoms with Crippen LogP contribution in [0.2, 0.25) is 5.02 Å². The maximum atomic E-state index is 12.8. The number of ketones is 1. The lowest BCUT2D eigenvalue weighted by Crippen LogP contribution is -2.47. The number of carbonyl (C=O) groups excluding carboxylic acids is 4. The maximum absolute atomic E-state index is 12.8. The highest BCUT2D eigenvalue weighted by Gasteiger charge is 2.35. The molecule has 0 spiro atoms. The van der Waals surface area contributed by atoms with Crippen molar-refractivity contribution in [3.8, 4) is 0 Å². The monoisotopic (exact) mass is 444 g/mol. The first-order valence-corrected chi connectivity index (χ1v) is 10.2. The van der Waals surface area contributed by atoms with Crippen molar-refractivity contribution in [2.45, 2.75) is 78.0 Å². The third-order valence-electron chi connectivity index (χ3n) is 4.55. The molecular formula is C20H26Cl2N2O5. The van der Waals surface area contributed by atoms with Crippen LogP contribution in [-0.2, 0) is 27.3 Å². The number of nitrogens with zero attached hydrogens (tertiary/aromatic N) is 1. The second kappa shape index (κ2) is 8.48. The Kier molecular flexibility index (Phi) is 6.85. The summed E-state index contributed by atoms with van der Waals surface area (Å²) in [6, 6.07) is 0. The van der Waals surface area contributed by atoms with E-state index in [-0.39, 0.29) is 35.1 Å². The molecule has 2 rings (SSSR count). The number of nitrogens with one attached hydrogen (secondary N) is 1. The van der Waals surface area contributed by atoms with Crippen molar-refractivity contribution >= 4 is 46.1 Å². The van der Waals surface area contributed by atoms with Crippen LogP contribution in [0.1, 0.15) is 80.4 Å². The lowest BCUT2D eigenvalue weighted by Gasteiger charge is -2.26. The zero-order valence-electron chi connectivity index (χ0n) is 17.3. The van der Waals surface area contributed by atoms with Crippen LogP contribution >= 0.6 is 23.2 Å². The Hall–Kier alpha value is -1.86. The van der Waals surface area contributed by atoms with Crippen molar-refractivity contribution in [2.75, 3.05) is 0 Å². The summed E-state index contributed by atoms with van der Waals surface area (Å²) < 4.78 is 6.85. The zero-order valence-corrected chi connectivity index (χ0v) is 18.8. The highest BCUT2D eigenvalue weighted by molar-refractivity contribution is 6.69. The van der Waals surface area contributed by atoms with Crippen LogP contribution in [0.5, 0.6) is 0 Å². The van der Waals surface area contributed by atoms with E-state index < -0.39 is 28.1 Å². The molecule has 0 aliphatic carbocycles. The summed E-state index contributed by atoms with van der Waals surface area (Å²) in [5.74, 6) is -2.08. The van der Waals surface area contributed by atoms with E-state index in [0.29, 0.717) is 18.7 Å². The van der Waals surface area contributed by atoms with Crippen LogP contribution in [0.3, 0.4) is 0 Å². The summed E-state index contributed by atoms with van der Waals surface area (Å²) >= 11 is 11.8. The van der Waals surface area contributed by atoms with Crippen molar-refractivity contribution in [2.24, 2.45) is 0 Å². The highest BCUT2D eigenvalue weighted by atomic mass is 35.5. The Morgan fingerprint density at radius 2 is 1.76 bits per heavy atom. The molecule has 9 heteroatoms. The Morgan fingerprint density at radius 1 is 1.14 bits per heavy atom. The zero-order chi connectivity index (χ0) is 22.1. The lowest BCUT2D eigenvalue weighted by atomic mass is 9.97. The minimum atomic E-state index is -0.859. The molecule has 1 N–H and O–H groups in total. The molecule has 1 aliphatic rings. The van der Waals surface area contributed by atoms with E-state index in [1.807, 2.05) is 0 Å². The molecule has 0 saturated heterocycles. The number of hydrogen-bond acceptors (Lipinski definition) is 5. The van der Waals surface area contributed by atoms with Gasteiger partial charge in [-0.1, -0.05) is 11.6 Å². The molecule has 0 unspecified atom stereocenters. The topological polar surface area (TPSA) is 94.5 Å². The highest BCUT2D eigenvalue weighted by Crippen LogP contribution is 2.34. The smallest absolute Gasteiger partial charge is 0.306 e. The third-order valence-corrected chi connectivity index (χ3v) is 5.11. The van der Waals surface area contributed by atoms with Crippen molar-refractivity contribution in [1.29, 1.82) is 0 Å². The van der Waals surface area contributed by atoms with Crippen LogP contribution in [0.25, 0.3) is 0 Å². The molecule has 1 aromatic heterocycles. The molecule has 29 heavy (non-hydrogen) atoms. The normalized spacial score (nSPS) is 13.8. The number of Topliss-reactive ketones (excluding diaryl/α,β-unsaturated/α-hetero) is 1. The quantitative estimate of drug-likeness (QED) is 0.299. The number of hydrogen-bond donors (Lipinski definition) is 1. The number of fused-ring (bicyclic) bond motifs is 1. The van der Waals surface area contributed by atoms with E-state index in [0.717, 1.165) is 6.42 Å². The van der Waals surface area contributed by atoms with Gasteiger partial charge in [-0.2, -0.15) is 0 Å². The van der Waals surface area contributed by atoms with Gasteiger partial charge in [-0.25, -0.2) is 0 Å². The van der Waals surface area contributed by atoms with E-state index in [1.54, 1.807) is 39.2 Å². The van der Waals surface area contributed by atoms with Crippen molar-refractivity contribution < 1.29 is 23.9 Å². The minimum absolute atomic E-state index is 0.0244. The number of esters is 1. The van der Waals surface area contributed by atoms with E-state index in [9.17, 15) is 19.2 Å². The molecule has 0 fully saturated rings. The second-order valence-corrected chi connectivity index (χ2v) is 9.49. The van der Waals surface area contributed by atoms with Gasteiger partial charge in [-0.3, -0.25) is 19.2 Å². The van der Waals surface area contributed by atoms with Crippen LogP contribution in [0, 0.1) is 0 Å². The Labute approximate surface area is 180 Å². The standard InChI is InChI=1S/C20H26Cl2N2O5/c1-19(2,3)29-12(25)8-9-20(4,5)23-18(28)16(26)15-14(21)13(17(22)27)11-7-6-10-24(11)15/h6-10H2,1-5H3,(H,23,28). The Bertz CT molecular complexity index is 865. The van der Waals surface area contributed by atoms with Crippen molar-refractivity contribution in [1.82, 2.24) is 9.88 Å². The fraction of sp³-hybridized carbons (Fsp3) is 0.600. The SMILES string of the molecule is CC(C)(CCC(=O)OC(C)(C)C)NC(=O)C(=O)c1c(Cl)c(C(=O)Cl)c2n1CCC2. The van der Waals surface area contributed by atoms with Crippen LogP contribution in [0.15, 0.2) is 0 Å². The van der Waals surface area contributed by atoms with E-state index in [1.165, 1.54) is 0 Å². The van der Waals surface area contributed by atoms with Gasteiger partial charge in [0.2, 0.25) is 0 Å². The summed E-state index contributed by atoms with van der Waals surface area (Å²) in [5, 5.41) is 1.80. The molecule has 1 amide bonds. The average Bonchev–Trinajstić information content (AvgIpc) is 3.09. The molecule has 0 bridgehead atoms. The first-order valence-electron chi connectivity index (χ1n) is 9.43. The number of ether oxygens (including phenoxy) is 1. The molecule has 2 heterocycles.